The number of halogens is 3. The van der Waals surface area contributed by atoms with Crippen LogP contribution in [0.5, 0.6) is 11.5 Å². The number of H-pyrrole nitrogens is 1. The molecule has 2 aromatic carbocycles. The molecule has 238 valence electrons. The van der Waals surface area contributed by atoms with Crippen LogP contribution in [0.15, 0.2) is 56.8 Å². The number of nitrogens with zero attached hydrogens (tertiary/aromatic N) is 1. The van der Waals surface area contributed by atoms with Gasteiger partial charge in [-0.1, -0.05) is 6.07 Å². The standard InChI is InChI=1S/C33H34F3N3O5S/c1-18-13-27(45-4)25(31(41)38-18)16-37-30(40)23-15-24(20-5-6-26-21(14-20)9-12-42-26)29-28(19(23)2)43-32(3,44-29)22-7-10-39(11-8-22)17-33(34,35)36/h5-6,9,12-15,22H,7-8,10-11,16-17H2,1-4H3,(H,37,40)(H,38,41). The number of furan rings is 1. The first-order valence-electron chi connectivity index (χ1n) is 14.7. The highest BCUT2D eigenvalue weighted by Gasteiger charge is 2.48. The average molecular weight is 642 g/mol. The normalized spacial score (nSPS) is 18.9. The van der Waals surface area contributed by atoms with E-state index in [4.69, 9.17) is 13.9 Å². The number of pyridine rings is 1. The number of carbonyl (C=O) groups excluding carboxylic acids is 1. The number of hydrogen-bond acceptors (Lipinski definition) is 7. The van der Waals surface area contributed by atoms with E-state index < -0.39 is 18.5 Å². The van der Waals surface area contributed by atoms with Crippen molar-refractivity contribution in [2.75, 3.05) is 25.9 Å². The summed E-state index contributed by atoms with van der Waals surface area (Å²) >= 11 is 1.43. The Labute approximate surface area is 262 Å². The van der Waals surface area contributed by atoms with E-state index in [-0.39, 0.29) is 37.0 Å². The minimum atomic E-state index is -4.25. The Balaban J connectivity index is 1.33. The maximum absolute atomic E-state index is 13.7. The molecule has 2 aliphatic heterocycles. The molecule has 0 spiro atoms. The van der Waals surface area contributed by atoms with Gasteiger partial charge in [-0.25, -0.2) is 0 Å². The number of ether oxygens (including phenoxy) is 2. The lowest BCUT2D eigenvalue weighted by Crippen LogP contribution is -2.49. The monoisotopic (exact) mass is 641 g/mol. The molecule has 2 aromatic heterocycles. The van der Waals surface area contributed by atoms with Crippen LogP contribution >= 0.6 is 11.8 Å². The molecule has 1 saturated heterocycles. The number of piperidine rings is 1. The first-order valence-corrected chi connectivity index (χ1v) is 15.9. The number of likely N-dealkylation sites (tertiary alicyclic amines) is 1. The van der Waals surface area contributed by atoms with E-state index in [1.165, 1.54) is 16.7 Å². The number of benzene rings is 2. The summed E-state index contributed by atoms with van der Waals surface area (Å²) in [5, 5.41) is 3.78. The van der Waals surface area contributed by atoms with Crippen molar-refractivity contribution in [3.8, 4) is 22.6 Å². The molecule has 0 saturated carbocycles. The fourth-order valence-corrected chi connectivity index (χ4v) is 7.01. The second-order valence-corrected chi connectivity index (χ2v) is 12.7. The second-order valence-electron chi connectivity index (χ2n) is 11.8. The Hall–Kier alpha value is -3.90. The molecule has 4 aromatic rings. The Morgan fingerprint density at radius 3 is 2.56 bits per heavy atom. The van der Waals surface area contributed by atoms with Gasteiger partial charge in [0.05, 0.1) is 12.8 Å². The number of fused-ring (bicyclic) bond motifs is 2. The predicted molar refractivity (Wildman–Crippen MR) is 166 cm³/mol. The van der Waals surface area contributed by atoms with Crippen LogP contribution in [0.1, 0.15) is 46.9 Å². The Morgan fingerprint density at radius 1 is 1.11 bits per heavy atom. The van der Waals surface area contributed by atoms with Gasteiger partial charge in [-0.2, -0.15) is 13.2 Å². The summed E-state index contributed by atoms with van der Waals surface area (Å²) in [5.41, 5.74) is 4.00. The van der Waals surface area contributed by atoms with Crippen LogP contribution in [0.25, 0.3) is 22.1 Å². The molecule has 4 heterocycles. The zero-order valence-corrected chi connectivity index (χ0v) is 26.2. The summed E-state index contributed by atoms with van der Waals surface area (Å²) in [4.78, 5) is 31.4. The van der Waals surface area contributed by atoms with Crippen molar-refractivity contribution >= 4 is 28.6 Å². The molecule has 1 fully saturated rings. The molecule has 1 atom stereocenters. The molecule has 0 radical (unpaired) electrons. The minimum absolute atomic E-state index is 0.0308. The molecule has 6 rings (SSSR count). The first kappa shape index (κ1) is 31.1. The highest BCUT2D eigenvalue weighted by atomic mass is 32.2. The predicted octanol–water partition coefficient (Wildman–Crippen LogP) is 6.82. The minimum Gasteiger partial charge on any atom is -0.464 e. The van der Waals surface area contributed by atoms with Crippen molar-refractivity contribution < 1.29 is 31.9 Å². The molecular weight excluding hydrogens is 607 g/mol. The van der Waals surface area contributed by atoms with Crippen LogP contribution in [0.3, 0.4) is 0 Å². The van der Waals surface area contributed by atoms with Gasteiger partial charge in [0.2, 0.25) is 0 Å². The maximum atomic E-state index is 13.7. The largest absolute Gasteiger partial charge is 0.464 e. The zero-order valence-electron chi connectivity index (χ0n) is 25.4. The molecule has 45 heavy (non-hydrogen) atoms. The van der Waals surface area contributed by atoms with Crippen LogP contribution in [0, 0.1) is 19.8 Å². The van der Waals surface area contributed by atoms with E-state index in [0.29, 0.717) is 52.2 Å². The third-order valence-electron chi connectivity index (χ3n) is 8.71. The molecule has 2 N–H and O–H groups in total. The van der Waals surface area contributed by atoms with Crippen molar-refractivity contribution in [2.24, 2.45) is 5.92 Å². The number of carbonyl (C=O) groups is 1. The van der Waals surface area contributed by atoms with E-state index in [9.17, 15) is 22.8 Å². The molecule has 0 aliphatic carbocycles. The second kappa shape index (κ2) is 11.8. The lowest BCUT2D eigenvalue weighted by Gasteiger charge is -2.39. The summed E-state index contributed by atoms with van der Waals surface area (Å²) in [6, 6.07) is 11.1. The topological polar surface area (TPSA) is 96.8 Å². The van der Waals surface area contributed by atoms with Crippen LogP contribution in [0.2, 0.25) is 0 Å². The molecule has 12 heteroatoms. The number of aromatic nitrogens is 1. The lowest BCUT2D eigenvalue weighted by molar-refractivity contribution is -0.159. The third-order valence-corrected chi connectivity index (χ3v) is 9.51. The number of nitrogens with one attached hydrogen (secondary N) is 2. The number of aromatic amines is 1. The molecular formula is C33H34F3N3O5S. The van der Waals surface area contributed by atoms with Gasteiger partial charge in [0.1, 0.15) is 5.58 Å². The van der Waals surface area contributed by atoms with Gasteiger partial charge in [0.15, 0.2) is 11.5 Å². The molecule has 2 aliphatic rings. The Kier molecular flexibility index (Phi) is 8.15. The Morgan fingerprint density at radius 2 is 1.84 bits per heavy atom. The van der Waals surface area contributed by atoms with E-state index in [0.717, 1.165) is 21.5 Å². The number of aryl methyl sites for hydroxylation is 1. The van der Waals surface area contributed by atoms with Gasteiger partial charge in [-0.05, 0) is 81.9 Å². The molecule has 0 bridgehead atoms. The van der Waals surface area contributed by atoms with E-state index >= 15 is 0 Å². The number of rotatable bonds is 7. The zero-order chi connectivity index (χ0) is 32.1. The van der Waals surface area contributed by atoms with Crippen molar-refractivity contribution in [3.63, 3.8) is 0 Å². The van der Waals surface area contributed by atoms with Crippen molar-refractivity contribution in [2.45, 2.75) is 57.0 Å². The summed E-state index contributed by atoms with van der Waals surface area (Å²) in [6.07, 6.45) is 0.154. The van der Waals surface area contributed by atoms with Gasteiger partial charge < -0.3 is 24.2 Å². The van der Waals surface area contributed by atoms with Crippen LogP contribution < -0.4 is 20.3 Å². The van der Waals surface area contributed by atoms with Gasteiger partial charge in [0.25, 0.3) is 17.3 Å². The summed E-state index contributed by atoms with van der Waals surface area (Å²) < 4.78 is 57.6. The summed E-state index contributed by atoms with van der Waals surface area (Å²) in [7, 11) is 0. The average Bonchev–Trinajstić information content (AvgIpc) is 3.60. The molecule has 1 amide bonds. The van der Waals surface area contributed by atoms with Gasteiger partial charge in [-0.15, -0.1) is 11.8 Å². The highest BCUT2D eigenvalue weighted by Crippen LogP contribution is 2.52. The van der Waals surface area contributed by atoms with E-state index in [1.807, 2.05) is 50.4 Å². The quantitative estimate of drug-likeness (QED) is 0.214. The molecule has 8 nitrogen and oxygen atoms in total. The highest BCUT2D eigenvalue weighted by molar-refractivity contribution is 7.98. The van der Waals surface area contributed by atoms with Gasteiger partial charge >= 0.3 is 6.18 Å². The smallest absolute Gasteiger partial charge is 0.401 e. The number of amides is 1. The van der Waals surface area contributed by atoms with Crippen molar-refractivity contribution in [3.05, 3.63) is 75.4 Å². The molecule has 1 unspecified atom stereocenters. The Bertz CT molecular complexity index is 1830. The van der Waals surface area contributed by atoms with E-state index in [1.54, 1.807) is 19.3 Å². The number of thioether (sulfide) groups is 1. The SMILES string of the molecule is CSc1cc(C)[nH]c(=O)c1CNC(=O)c1cc(-c2ccc3occc3c2)c2c(c1C)OC(C)(C1CCN(CC(F)(F)F)CC1)O2. The fourth-order valence-electron chi connectivity index (χ4n) is 6.30. The maximum Gasteiger partial charge on any atom is 0.401 e. The van der Waals surface area contributed by atoms with Crippen LogP contribution in [-0.4, -0.2) is 53.6 Å². The van der Waals surface area contributed by atoms with Crippen molar-refractivity contribution in [1.82, 2.24) is 15.2 Å². The summed E-state index contributed by atoms with van der Waals surface area (Å²) in [6.45, 7) is 5.04. The first-order chi connectivity index (χ1) is 21.3. The lowest BCUT2D eigenvalue weighted by atomic mass is 9.89. The van der Waals surface area contributed by atoms with Crippen LogP contribution in [0.4, 0.5) is 13.2 Å². The number of alkyl halides is 3. The van der Waals surface area contributed by atoms with Crippen LogP contribution in [-0.2, 0) is 6.54 Å². The van der Waals surface area contributed by atoms with Gasteiger partial charge in [0, 0.05) is 57.6 Å². The summed E-state index contributed by atoms with van der Waals surface area (Å²) in [5.74, 6) is -0.794. The number of hydrogen-bond donors (Lipinski definition) is 2. The fraction of sp³-hybridized carbons (Fsp3) is 0.394. The van der Waals surface area contributed by atoms with E-state index in [2.05, 4.69) is 10.3 Å². The van der Waals surface area contributed by atoms with Gasteiger partial charge in [-0.3, -0.25) is 14.5 Å². The third kappa shape index (κ3) is 6.17. The van der Waals surface area contributed by atoms with Crippen molar-refractivity contribution in [1.29, 1.82) is 0 Å².